The van der Waals surface area contributed by atoms with Crippen LogP contribution in [-0.2, 0) is 11.2 Å². The fourth-order valence-electron chi connectivity index (χ4n) is 0.701. The Kier molecular flexibility index (Phi) is 3.08. The van der Waals surface area contributed by atoms with E-state index in [0.29, 0.717) is 0 Å². The summed E-state index contributed by atoms with van der Waals surface area (Å²) in [5.74, 6) is 0. The Morgan fingerprint density at radius 1 is 1.55 bits per heavy atom. The van der Waals surface area contributed by atoms with Crippen molar-refractivity contribution in [2.45, 2.75) is 9.79 Å². The maximum absolute atomic E-state index is 12.2. The minimum atomic E-state index is -2.35. The first kappa shape index (κ1) is 8.74. The molecule has 0 saturated heterocycles. The van der Waals surface area contributed by atoms with Crippen molar-refractivity contribution in [1.82, 2.24) is 0 Å². The topological polar surface area (TPSA) is 17.1 Å². The Morgan fingerprint density at radius 3 is 2.82 bits per heavy atom. The Bertz CT molecular complexity index is 275. The molecule has 1 nitrogen and oxygen atoms in total. The lowest BCUT2D eigenvalue weighted by Crippen LogP contribution is -1.81. The van der Waals surface area contributed by atoms with Gasteiger partial charge >= 0.3 is 0 Å². The van der Waals surface area contributed by atoms with E-state index in [0.717, 1.165) is 4.90 Å². The summed E-state index contributed by atoms with van der Waals surface area (Å²) in [7, 11) is 0. The molecule has 0 radical (unpaired) electrons. The maximum Gasteiger partial charge on any atom is 0.231 e. The molecule has 1 rings (SSSR count). The minimum absolute atomic E-state index is 0.233. The summed E-state index contributed by atoms with van der Waals surface area (Å²) in [6.07, 6.45) is 1.89. The number of hydrogen-bond acceptors (Lipinski definition) is 2. The van der Waals surface area contributed by atoms with E-state index in [1.807, 2.05) is 12.3 Å². The van der Waals surface area contributed by atoms with Crippen LogP contribution in [0.2, 0.25) is 0 Å². The van der Waals surface area contributed by atoms with E-state index in [2.05, 4.69) is 0 Å². The fourth-order valence-corrected chi connectivity index (χ4v) is 1.64. The van der Waals surface area contributed by atoms with Gasteiger partial charge in [0, 0.05) is 4.90 Å². The highest BCUT2D eigenvalue weighted by Crippen LogP contribution is 2.18. The standard InChI is InChI=1S/C7H7FOS2/c1-10-6-3-2-4-7(5-6)11(8)9/h2-5H,1H3. The van der Waals surface area contributed by atoms with Gasteiger partial charge in [0.05, 0.1) is 4.90 Å². The van der Waals surface area contributed by atoms with Crippen molar-refractivity contribution in [3.05, 3.63) is 24.3 Å². The van der Waals surface area contributed by atoms with Crippen molar-refractivity contribution in [1.29, 1.82) is 0 Å². The van der Waals surface area contributed by atoms with Crippen LogP contribution in [0.15, 0.2) is 34.1 Å². The van der Waals surface area contributed by atoms with Gasteiger partial charge < -0.3 is 0 Å². The third-order valence-electron chi connectivity index (χ3n) is 1.23. The molecule has 4 heteroatoms. The Balaban J connectivity index is 3.01. The van der Waals surface area contributed by atoms with Crippen molar-refractivity contribution in [2.24, 2.45) is 0 Å². The zero-order valence-corrected chi connectivity index (χ0v) is 7.55. The zero-order valence-electron chi connectivity index (χ0n) is 5.91. The molecule has 60 valence electrons. The van der Waals surface area contributed by atoms with Crippen LogP contribution in [0.1, 0.15) is 0 Å². The lowest BCUT2D eigenvalue weighted by molar-refractivity contribution is 0.649. The van der Waals surface area contributed by atoms with E-state index in [4.69, 9.17) is 0 Å². The number of hydrogen-bond donors (Lipinski definition) is 0. The first-order valence-electron chi connectivity index (χ1n) is 2.96. The first-order valence-corrected chi connectivity index (χ1v) is 5.23. The summed E-state index contributed by atoms with van der Waals surface area (Å²) in [5, 5.41) is 0. The largest absolute Gasteiger partial charge is 0.231 e. The monoisotopic (exact) mass is 190 g/mol. The first-order chi connectivity index (χ1) is 5.24. The summed E-state index contributed by atoms with van der Waals surface area (Å²) < 4.78 is 22.6. The predicted molar refractivity (Wildman–Crippen MR) is 45.7 cm³/mol. The van der Waals surface area contributed by atoms with Gasteiger partial charge in [0.1, 0.15) is 0 Å². The lowest BCUT2D eigenvalue weighted by atomic mass is 10.4. The molecule has 0 heterocycles. The summed E-state index contributed by atoms with van der Waals surface area (Å²) in [6, 6.07) is 6.64. The maximum atomic E-state index is 12.2. The summed E-state index contributed by atoms with van der Waals surface area (Å²) >= 11 is -0.855. The van der Waals surface area contributed by atoms with Crippen molar-refractivity contribution < 1.29 is 8.09 Å². The average Bonchev–Trinajstić information content (AvgIpc) is 2.05. The highest BCUT2D eigenvalue weighted by molar-refractivity contribution is 7.98. The number of halogens is 1. The Morgan fingerprint density at radius 2 is 2.27 bits per heavy atom. The number of benzene rings is 1. The van der Waals surface area contributed by atoms with Gasteiger partial charge in [-0.05, 0) is 24.5 Å². The number of thioether (sulfide) groups is 1. The van der Waals surface area contributed by atoms with Gasteiger partial charge in [-0.1, -0.05) is 6.07 Å². The van der Waals surface area contributed by atoms with Crippen molar-refractivity contribution in [3.63, 3.8) is 0 Å². The second-order valence-corrected chi connectivity index (χ2v) is 3.70. The molecule has 0 bridgehead atoms. The molecule has 0 fully saturated rings. The van der Waals surface area contributed by atoms with Crippen LogP contribution in [0.5, 0.6) is 0 Å². The third-order valence-corrected chi connectivity index (χ3v) is 2.58. The second kappa shape index (κ2) is 3.88. The van der Waals surface area contributed by atoms with Crippen LogP contribution in [-0.4, -0.2) is 10.5 Å². The molecule has 0 aromatic heterocycles. The van der Waals surface area contributed by atoms with E-state index in [-0.39, 0.29) is 4.90 Å². The van der Waals surface area contributed by atoms with Gasteiger partial charge in [0.15, 0.2) is 0 Å². The van der Waals surface area contributed by atoms with Crippen LogP contribution in [0.4, 0.5) is 3.89 Å². The molecule has 1 aromatic carbocycles. The molecule has 0 N–H and O–H groups in total. The predicted octanol–water partition coefficient (Wildman–Crippen LogP) is 2.40. The molecule has 1 atom stereocenters. The van der Waals surface area contributed by atoms with Crippen molar-refractivity contribution in [3.8, 4) is 0 Å². The molecule has 0 aliphatic heterocycles. The van der Waals surface area contributed by atoms with Gasteiger partial charge in [-0.2, -0.15) is 0 Å². The highest BCUT2D eigenvalue weighted by atomic mass is 32.2. The summed E-state index contributed by atoms with van der Waals surface area (Å²) in [6.45, 7) is 0. The van der Waals surface area contributed by atoms with E-state index >= 15 is 0 Å². The van der Waals surface area contributed by atoms with E-state index < -0.39 is 11.2 Å². The van der Waals surface area contributed by atoms with Crippen molar-refractivity contribution in [2.75, 3.05) is 6.26 Å². The van der Waals surface area contributed by atoms with Gasteiger partial charge in [-0.3, -0.25) is 0 Å². The van der Waals surface area contributed by atoms with Crippen LogP contribution in [0.25, 0.3) is 0 Å². The SMILES string of the molecule is CSc1cccc(S(=O)F)c1. The van der Waals surface area contributed by atoms with E-state index in [1.165, 1.54) is 17.8 Å². The Labute approximate surface area is 71.8 Å². The average molecular weight is 190 g/mol. The minimum Gasteiger partial charge on any atom is -0.219 e. The molecule has 1 aromatic rings. The van der Waals surface area contributed by atoms with Crippen LogP contribution < -0.4 is 0 Å². The lowest BCUT2D eigenvalue weighted by Gasteiger charge is -1.96. The quantitative estimate of drug-likeness (QED) is 0.526. The third kappa shape index (κ3) is 2.31. The molecule has 0 amide bonds. The van der Waals surface area contributed by atoms with Gasteiger partial charge in [0.25, 0.3) is 0 Å². The molecular formula is C7H7FOS2. The molecule has 11 heavy (non-hydrogen) atoms. The molecule has 0 aliphatic rings. The van der Waals surface area contributed by atoms with Crippen molar-refractivity contribution >= 4 is 22.9 Å². The van der Waals surface area contributed by atoms with E-state index in [1.54, 1.807) is 12.1 Å². The second-order valence-electron chi connectivity index (χ2n) is 1.90. The zero-order chi connectivity index (χ0) is 8.27. The van der Waals surface area contributed by atoms with E-state index in [9.17, 15) is 8.09 Å². The fraction of sp³-hybridized carbons (Fsp3) is 0.143. The van der Waals surface area contributed by atoms with Gasteiger partial charge in [-0.15, -0.1) is 15.6 Å². The molecule has 0 saturated carbocycles. The molecular weight excluding hydrogens is 183 g/mol. The molecule has 1 unspecified atom stereocenters. The highest BCUT2D eigenvalue weighted by Gasteiger charge is 2.00. The summed E-state index contributed by atoms with van der Waals surface area (Å²) in [4.78, 5) is 1.16. The van der Waals surface area contributed by atoms with Crippen LogP contribution in [0.3, 0.4) is 0 Å². The van der Waals surface area contributed by atoms with Gasteiger partial charge in [0.2, 0.25) is 11.2 Å². The normalized spacial score (nSPS) is 12.9. The molecule has 0 spiro atoms. The van der Waals surface area contributed by atoms with Crippen LogP contribution in [0, 0.1) is 0 Å². The smallest absolute Gasteiger partial charge is 0.219 e. The van der Waals surface area contributed by atoms with Crippen LogP contribution >= 0.6 is 11.8 Å². The molecule has 0 aliphatic carbocycles. The Hall–Kier alpha value is -0.350. The summed E-state index contributed by atoms with van der Waals surface area (Å²) in [5.41, 5.74) is 0. The van der Waals surface area contributed by atoms with Gasteiger partial charge in [-0.25, -0.2) is 4.21 Å². The number of rotatable bonds is 2.